The fourth-order valence-corrected chi connectivity index (χ4v) is 2.51. The van der Waals surface area contributed by atoms with Gasteiger partial charge in [-0.2, -0.15) is 10.8 Å². The molecular formula is C15H30N4O. The number of nitrogens with zero attached hydrogens (tertiary/aromatic N) is 1. The van der Waals surface area contributed by atoms with E-state index in [-0.39, 0.29) is 5.92 Å². The molecule has 1 rings (SSSR count). The van der Waals surface area contributed by atoms with Crippen LogP contribution < -0.4 is 16.5 Å². The number of rotatable bonds is 0. The average molecular weight is 282 g/mol. The zero-order valence-electron chi connectivity index (χ0n) is 12.6. The quantitative estimate of drug-likeness (QED) is 0.637. The van der Waals surface area contributed by atoms with Gasteiger partial charge in [0.25, 0.3) is 0 Å². The molecule has 1 fully saturated rings. The normalized spacial score (nSPS) is 26.1. The van der Waals surface area contributed by atoms with Crippen molar-refractivity contribution in [2.75, 3.05) is 13.2 Å². The van der Waals surface area contributed by atoms with Crippen LogP contribution in [0.4, 0.5) is 0 Å². The summed E-state index contributed by atoms with van der Waals surface area (Å²) in [6.07, 6.45) is 13.0. The van der Waals surface area contributed by atoms with Crippen LogP contribution in [0.3, 0.4) is 0 Å². The third-order valence-electron chi connectivity index (χ3n) is 3.80. The Balaban J connectivity index is 2.16. The van der Waals surface area contributed by atoms with Gasteiger partial charge in [0.2, 0.25) is 0 Å². The van der Waals surface area contributed by atoms with Gasteiger partial charge in [0.15, 0.2) is 0 Å². The molecule has 0 aromatic rings. The van der Waals surface area contributed by atoms with E-state index in [4.69, 9.17) is 10.1 Å². The molecule has 1 unspecified atom stereocenters. The summed E-state index contributed by atoms with van der Waals surface area (Å²) in [5, 5.41) is 9.14. The van der Waals surface area contributed by atoms with Crippen molar-refractivity contribution in [1.82, 2.24) is 16.5 Å². The van der Waals surface area contributed by atoms with Crippen molar-refractivity contribution in [1.29, 1.82) is 5.26 Å². The van der Waals surface area contributed by atoms with Gasteiger partial charge in [0.1, 0.15) is 0 Å². The van der Waals surface area contributed by atoms with Crippen LogP contribution >= 0.6 is 0 Å². The summed E-state index contributed by atoms with van der Waals surface area (Å²) in [6, 6.07) is 2.46. The van der Waals surface area contributed by atoms with Crippen molar-refractivity contribution in [3.8, 4) is 6.07 Å². The highest BCUT2D eigenvalue weighted by Gasteiger charge is 2.06. The molecule has 1 aliphatic rings. The Morgan fingerprint density at radius 3 is 2.25 bits per heavy atom. The van der Waals surface area contributed by atoms with Crippen LogP contribution in [0.5, 0.6) is 0 Å². The van der Waals surface area contributed by atoms with Crippen molar-refractivity contribution in [3.63, 3.8) is 0 Å². The van der Waals surface area contributed by atoms with Crippen molar-refractivity contribution < 1.29 is 4.84 Å². The lowest BCUT2D eigenvalue weighted by Gasteiger charge is -2.11. The molecule has 5 heteroatoms. The first kappa shape index (κ1) is 17.4. The molecule has 0 aliphatic carbocycles. The van der Waals surface area contributed by atoms with Gasteiger partial charge in [0.05, 0.1) is 12.7 Å². The van der Waals surface area contributed by atoms with Gasteiger partial charge >= 0.3 is 0 Å². The summed E-state index contributed by atoms with van der Waals surface area (Å²) < 4.78 is 0. The van der Waals surface area contributed by atoms with Crippen LogP contribution in [0.2, 0.25) is 0 Å². The maximum atomic E-state index is 9.14. The van der Waals surface area contributed by atoms with E-state index in [1.807, 2.05) is 0 Å². The second-order valence-electron chi connectivity index (χ2n) is 5.59. The molecule has 0 aromatic carbocycles. The van der Waals surface area contributed by atoms with E-state index >= 15 is 0 Å². The first-order valence-electron chi connectivity index (χ1n) is 8.18. The number of hydrogen-bond donors (Lipinski definition) is 3. The number of hydrogen-bond acceptors (Lipinski definition) is 5. The van der Waals surface area contributed by atoms with Crippen LogP contribution in [0.1, 0.15) is 70.6 Å². The Morgan fingerprint density at radius 1 is 0.850 bits per heavy atom. The summed E-state index contributed by atoms with van der Waals surface area (Å²) in [5.74, 6) is 0.253. The fourth-order valence-electron chi connectivity index (χ4n) is 2.51. The van der Waals surface area contributed by atoms with Crippen LogP contribution in [-0.2, 0) is 4.84 Å². The molecule has 5 nitrogen and oxygen atoms in total. The van der Waals surface area contributed by atoms with Gasteiger partial charge < -0.3 is 0 Å². The van der Waals surface area contributed by atoms with Gasteiger partial charge in [-0.25, -0.2) is 5.43 Å². The second kappa shape index (κ2) is 13.3. The minimum Gasteiger partial charge on any atom is -0.286 e. The highest BCUT2D eigenvalue weighted by Crippen LogP contribution is 2.17. The number of nitriles is 1. The summed E-state index contributed by atoms with van der Waals surface area (Å²) in [6.45, 7) is 1.63. The van der Waals surface area contributed by atoms with Crippen LogP contribution in [0.15, 0.2) is 0 Å². The minimum absolute atomic E-state index is 0.253. The molecule has 1 saturated heterocycles. The van der Waals surface area contributed by atoms with Crippen LogP contribution in [0, 0.1) is 17.2 Å². The molecule has 1 aliphatic heterocycles. The summed E-state index contributed by atoms with van der Waals surface area (Å²) >= 11 is 0. The zero-order valence-corrected chi connectivity index (χ0v) is 12.6. The predicted molar refractivity (Wildman–Crippen MR) is 80.1 cm³/mol. The maximum Gasteiger partial charge on any atom is 0.0699 e. The Hall–Kier alpha value is -0.670. The first-order chi connectivity index (χ1) is 9.93. The van der Waals surface area contributed by atoms with Crippen molar-refractivity contribution in [2.24, 2.45) is 5.92 Å². The van der Waals surface area contributed by atoms with Gasteiger partial charge in [-0.05, 0) is 25.7 Å². The van der Waals surface area contributed by atoms with E-state index in [1.54, 1.807) is 0 Å². The lowest BCUT2D eigenvalue weighted by Crippen LogP contribution is -2.43. The van der Waals surface area contributed by atoms with Gasteiger partial charge in [-0.15, -0.1) is 5.59 Å². The summed E-state index contributed by atoms with van der Waals surface area (Å²) in [4.78, 5) is 5.25. The van der Waals surface area contributed by atoms with E-state index in [1.165, 1.54) is 38.5 Å². The smallest absolute Gasteiger partial charge is 0.0699 e. The largest absolute Gasteiger partial charge is 0.286 e. The van der Waals surface area contributed by atoms with E-state index in [2.05, 4.69) is 22.6 Å². The van der Waals surface area contributed by atoms with Crippen LogP contribution in [0.25, 0.3) is 0 Å². The van der Waals surface area contributed by atoms with Crippen molar-refractivity contribution in [3.05, 3.63) is 0 Å². The van der Waals surface area contributed by atoms with Gasteiger partial charge in [-0.3, -0.25) is 4.84 Å². The Bertz CT molecular complexity index is 237. The molecule has 0 spiro atoms. The molecule has 0 aromatic heterocycles. The van der Waals surface area contributed by atoms with Gasteiger partial charge in [0, 0.05) is 12.5 Å². The van der Waals surface area contributed by atoms with E-state index in [9.17, 15) is 0 Å². The topological polar surface area (TPSA) is 69.1 Å². The third kappa shape index (κ3) is 10.2. The highest BCUT2D eigenvalue weighted by molar-refractivity contribution is 4.82. The number of nitrogens with one attached hydrogen (secondary N) is 3. The molecule has 0 amide bonds. The minimum atomic E-state index is 0.253. The van der Waals surface area contributed by atoms with E-state index in [0.29, 0.717) is 0 Å². The average Bonchev–Trinajstić information content (AvgIpc) is 2.47. The SMILES string of the molecule is N#CC1CCCCCCCCCONNNCCCC1. The fraction of sp³-hybridized carbons (Fsp3) is 0.933. The molecule has 116 valence electrons. The molecule has 0 radical (unpaired) electrons. The van der Waals surface area contributed by atoms with E-state index < -0.39 is 0 Å². The third-order valence-corrected chi connectivity index (χ3v) is 3.80. The number of hydrazine groups is 2. The first-order valence-corrected chi connectivity index (χ1v) is 8.18. The maximum absolute atomic E-state index is 9.14. The van der Waals surface area contributed by atoms with Gasteiger partial charge in [-0.1, -0.05) is 44.9 Å². The van der Waals surface area contributed by atoms with Crippen molar-refractivity contribution >= 4 is 0 Å². The Kier molecular flexibility index (Phi) is 11.6. The predicted octanol–water partition coefficient (Wildman–Crippen LogP) is 2.96. The standard InChI is InChI=1S/C15H30N4O/c16-14-15-10-6-4-2-1-3-5-9-13-20-19-18-17-12-8-7-11-15/h15,17-19H,1-13H2. The Labute approximate surface area is 123 Å². The van der Waals surface area contributed by atoms with Crippen molar-refractivity contribution in [2.45, 2.75) is 70.6 Å². The molecule has 1 heterocycles. The molecular weight excluding hydrogens is 252 g/mol. The lowest BCUT2D eigenvalue weighted by atomic mass is 9.96. The van der Waals surface area contributed by atoms with E-state index in [0.717, 1.165) is 45.3 Å². The highest BCUT2D eigenvalue weighted by atomic mass is 16.7. The molecule has 0 bridgehead atoms. The summed E-state index contributed by atoms with van der Waals surface area (Å²) in [7, 11) is 0. The molecule has 3 N–H and O–H groups in total. The summed E-state index contributed by atoms with van der Waals surface area (Å²) in [5.41, 5.74) is 8.58. The lowest BCUT2D eigenvalue weighted by molar-refractivity contribution is -0.00218. The zero-order chi connectivity index (χ0) is 14.3. The monoisotopic (exact) mass is 282 g/mol. The molecule has 1 atom stereocenters. The molecule has 0 saturated carbocycles. The Morgan fingerprint density at radius 2 is 1.50 bits per heavy atom. The van der Waals surface area contributed by atoms with Crippen LogP contribution in [-0.4, -0.2) is 13.2 Å². The molecule has 20 heavy (non-hydrogen) atoms. The second-order valence-corrected chi connectivity index (χ2v) is 5.59.